The summed E-state index contributed by atoms with van der Waals surface area (Å²) in [5, 5.41) is 0. The van der Waals surface area contributed by atoms with Crippen LogP contribution >= 0.6 is 0 Å². The van der Waals surface area contributed by atoms with E-state index in [0.717, 1.165) is 45.1 Å². The highest BCUT2D eigenvalue weighted by Crippen LogP contribution is 2.25. The fourth-order valence-electron chi connectivity index (χ4n) is 2.64. The molecule has 0 N–H and O–H groups in total. The van der Waals surface area contributed by atoms with Crippen LogP contribution in [0.5, 0.6) is 5.75 Å². The van der Waals surface area contributed by atoms with Crippen molar-refractivity contribution in [3.05, 3.63) is 29.8 Å². The molecule has 0 saturated carbocycles. The van der Waals surface area contributed by atoms with Gasteiger partial charge in [-0.15, -0.1) is 0 Å². The Labute approximate surface area is 141 Å². The lowest BCUT2D eigenvalue weighted by atomic mass is 9.87. The first-order valence-electron chi connectivity index (χ1n) is 8.67. The zero-order chi connectivity index (χ0) is 16.7. The fraction of sp³-hybridized carbons (Fsp3) is 0.684. The summed E-state index contributed by atoms with van der Waals surface area (Å²) in [6.07, 6.45) is 0. The summed E-state index contributed by atoms with van der Waals surface area (Å²) < 4.78 is 11.5. The second-order valence-electron chi connectivity index (χ2n) is 7.38. The summed E-state index contributed by atoms with van der Waals surface area (Å²) in [6, 6.07) is 8.35. The van der Waals surface area contributed by atoms with E-state index in [-0.39, 0.29) is 5.41 Å². The number of nitrogens with zero attached hydrogens (tertiary/aromatic N) is 2. The first kappa shape index (κ1) is 18.2. The van der Waals surface area contributed by atoms with Crippen LogP contribution in [0.4, 0.5) is 0 Å². The Hall–Kier alpha value is -1.10. The third-order valence-electron chi connectivity index (χ3n) is 4.34. The Balaban J connectivity index is 1.59. The second kappa shape index (κ2) is 8.67. The van der Waals surface area contributed by atoms with Gasteiger partial charge < -0.3 is 14.4 Å². The molecule has 0 aromatic heterocycles. The molecule has 130 valence electrons. The van der Waals surface area contributed by atoms with Crippen LogP contribution < -0.4 is 4.74 Å². The maximum Gasteiger partial charge on any atom is 0.119 e. The smallest absolute Gasteiger partial charge is 0.119 e. The van der Waals surface area contributed by atoms with Crippen LogP contribution in [0.15, 0.2) is 24.3 Å². The fourth-order valence-corrected chi connectivity index (χ4v) is 2.64. The number of likely N-dealkylation sites (N-methyl/N-ethyl adjacent to an activating group) is 1. The Morgan fingerprint density at radius 3 is 2.43 bits per heavy atom. The minimum atomic E-state index is 0.151. The van der Waals surface area contributed by atoms with Gasteiger partial charge in [0, 0.05) is 32.7 Å². The summed E-state index contributed by atoms with van der Waals surface area (Å²) >= 11 is 0. The molecule has 4 nitrogen and oxygen atoms in total. The molecule has 1 aromatic rings. The third-order valence-corrected chi connectivity index (χ3v) is 4.34. The summed E-state index contributed by atoms with van der Waals surface area (Å²) in [4.78, 5) is 4.84. The molecule has 0 spiro atoms. The molecule has 1 aliphatic heterocycles. The molecular weight excluding hydrogens is 288 g/mol. The lowest BCUT2D eigenvalue weighted by Crippen LogP contribution is -2.45. The minimum absolute atomic E-state index is 0.151. The zero-order valence-corrected chi connectivity index (χ0v) is 15.2. The molecule has 23 heavy (non-hydrogen) atoms. The molecular formula is C19H32N2O2. The van der Waals surface area contributed by atoms with Gasteiger partial charge in [-0.2, -0.15) is 0 Å². The van der Waals surface area contributed by atoms with Crippen molar-refractivity contribution in [1.82, 2.24) is 9.80 Å². The molecule has 1 heterocycles. The summed E-state index contributed by atoms with van der Waals surface area (Å²) in [5.41, 5.74) is 1.45. The number of hydrogen-bond donors (Lipinski definition) is 0. The van der Waals surface area contributed by atoms with Gasteiger partial charge in [-0.05, 0) is 30.2 Å². The SMILES string of the molecule is CN1CCN(CCOCCOc2cccc(C(C)(C)C)c2)CC1. The van der Waals surface area contributed by atoms with Gasteiger partial charge in [-0.1, -0.05) is 32.9 Å². The molecule has 0 unspecified atom stereocenters. The molecule has 0 aliphatic carbocycles. The first-order valence-corrected chi connectivity index (χ1v) is 8.67. The molecule has 1 saturated heterocycles. The van der Waals surface area contributed by atoms with Gasteiger partial charge >= 0.3 is 0 Å². The van der Waals surface area contributed by atoms with Crippen molar-refractivity contribution in [3.8, 4) is 5.75 Å². The van der Waals surface area contributed by atoms with Crippen LogP contribution in [0, 0.1) is 0 Å². The molecule has 1 fully saturated rings. The highest BCUT2D eigenvalue weighted by molar-refractivity contribution is 5.32. The number of hydrogen-bond acceptors (Lipinski definition) is 4. The van der Waals surface area contributed by atoms with Gasteiger partial charge in [0.15, 0.2) is 0 Å². The summed E-state index contributed by atoms with van der Waals surface area (Å²) in [7, 11) is 2.18. The van der Waals surface area contributed by atoms with Gasteiger partial charge in [0.2, 0.25) is 0 Å². The minimum Gasteiger partial charge on any atom is -0.491 e. The maximum atomic E-state index is 5.80. The Morgan fingerprint density at radius 2 is 1.74 bits per heavy atom. The average molecular weight is 320 g/mol. The molecule has 1 aliphatic rings. The van der Waals surface area contributed by atoms with Gasteiger partial charge in [0.1, 0.15) is 12.4 Å². The van der Waals surface area contributed by atoms with Crippen molar-refractivity contribution in [3.63, 3.8) is 0 Å². The van der Waals surface area contributed by atoms with E-state index in [1.807, 2.05) is 6.07 Å². The zero-order valence-electron chi connectivity index (χ0n) is 15.2. The average Bonchev–Trinajstić information content (AvgIpc) is 2.52. The first-order chi connectivity index (χ1) is 10.9. The number of benzene rings is 1. The van der Waals surface area contributed by atoms with E-state index in [1.54, 1.807) is 0 Å². The van der Waals surface area contributed by atoms with Gasteiger partial charge in [-0.25, -0.2) is 0 Å². The van der Waals surface area contributed by atoms with E-state index in [9.17, 15) is 0 Å². The second-order valence-corrected chi connectivity index (χ2v) is 7.38. The third kappa shape index (κ3) is 6.50. The highest BCUT2D eigenvalue weighted by Gasteiger charge is 2.14. The predicted molar refractivity (Wildman–Crippen MR) is 95.4 cm³/mol. The molecule has 0 amide bonds. The number of rotatable bonds is 7. The quantitative estimate of drug-likeness (QED) is 0.721. The molecule has 4 heteroatoms. The molecule has 1 aromatic carbocycles. The van der Waals surface area contributed by atoms with Crippen LogP contribution in [0.2, 0.25) is 0 Å². The van der Waals surface area contributed by atoms with Crippen LogP contribution in [-0.2, 0) is 10.2 Å². The standard InChI is InChI=1S/C19H32N2O2/c1-19(2,3)17-6-5-7-18(16-17)23-15-14-22-13-12-21-10-8-20(4)9-11-21/h5-7,16H,8-15H2,1-4H3. The van der Waals surface area contributed by atoms with E-state index in [0.29, 0.717) is 13.2 Å². The lowest BCUT2D eigenvalue weighted by Gasteiger charge is -2.32. The Bertz CT molecular complexity index is 463. The maximum absolute atomic E-state index is 5.80. The van der Waals surface area contributed by atoms with Gasteiger partial charge in [0.25, 0.3) is 0 Å². The summed E-state index contributed by atoms with van der Waals surface area (Å²) in [6.45, 7) is 14.3. The van der Waals surface area contributed by atoms with Crippen molar-refractivity contribution >= 4 is 0 Å². The van der Waals surface area contributed by atoms with E-state index in [4.69, 9.17) is 9.47 Å². The van der Waals surface area contributed by atoms with Crippen molar-refractivity contribution < 1.29 is 9.47 Å². The largest absolute Gasteiger partial charge is 0.491 e. The topological polar surface area (TPSA) is 24.9 Å². The molecule has 0 bridgehead atoms. The van der Waals surface area contributed by atoms with Crippen molar-refractivity contribution in [2.24, 2.45) is 0 Å². The van der Waals surface area contributed by atoms with Crippen LogP contribution in [0.3, 0.4) is 0 Å². The van der Waals surface area contributed by atoms with Crippen molar-refractivity contribution in [1.29, 1.82) is 0 Å². The van der Waals surface area contributed by atoms with Crippen LogP contribution in [0.1, 0.15) is 26.3 Å². The van der Waals surface area contributed by atoms with Gasteiger partial charge in [0.05, 0.1) is 13.2 Å². The van der Waals surface area contributed by atoms with E-state index in [1.165, 1.54) is 5.56 Å². The predicted octanol–water partition coefficient (Wildman–Crippen LogP) is 2.63. The number of ether oxygens (including phenoxy) is 2. The number of piperazine rings is 1. The highest BCUT2D eigenvalue weighted by atomic mass is 16.5. The lowest BCUT2D eigenvalue weighted by molar-refractivity contribution is 0.0657. The molecule has 2 rings (SSSR count). The molecule has 0 atom stereocenters. The monoisotopic (exact) mass is 320 g/mol. The Kier molecular flexibility index (Phi) is 6.88. The van der Waals surface area contributed by atoms with E-state index in [2.05, 4.69) is 55.8 Å². The van der Waals surface area contributed by atoms with Crippen LogP contribution in [0.25, 0.3) is 0 Å². The van der Waals surface area contributed by atoms with E-state index >= 15 is 0 Å². The Morgan fingerprint density at radius 1 is 1.00 bits per heavy atom. The van der Waals surface area contributed by atoms with Crippen molar-refractivity contribution in [2.45, 2.75) is 26.2 Å². The van der Waals surface area contributed by atoms with Crippen molar-refractivity contribution in [2.75, 3.05) is 59.6 Å². The molecule has 0 radical (unpaired) electrons. The summed E-state index contributed by atoms with van der Waals surface area (Å²) in [5.74, 6) is 0.931. The normalized spacial score (nSPS) is 17.4. The van der Waals surface area contributed by atoms with Gasteiger partial charge in [-0.3, -0.25) is 4.90 Å². The van der Waals surface area contributed by atoms with Crippen LogP contribution in [-0.4, -0.2) is 69.4 Å². The van der Waals surface area contributed by atoms with E-state index < -0.39 is 0 Å².